The van der Waals surface area contributed by atoms with Crippen molar-refractivity contribution in [3.05, 3.63) is 54.6 Å². The second kappa shape index (κ2) is 9.28. The van der Waals surface area contributed by atoms with E-state index < -0.39 is 16.1 Å². The molecule has 1 saturated carbocycles. The van der Waals surface area contributed by atoms with Crippen molar-refractivity contribution >= 4 is 27.5 Å². The third kappa shape index (κ3) is 5.48. The first kappa shape index (κ1) is 21.1. The lowest BCUT2D eigenvalue weighted by Gasteiger charge is -2.26. The van der Waals surface area contributed by atoms with Crippen LogP contribution in [0.15, 0.2) is 54.6 Å². The Labute approximate surface area is 172 Å². The van der Waals surface area contributed by atoms with Gasteiger partial charge in [0, 0.05) is 19.8 Å². The number of ether oxygens (including phenoxy) is 1. The zero-order chi connectivity index (χ0) is 20.9. The van der Waals surface area contributed by atoms with Gasteiger partial charge in [0.05, 0.1) is 11.8 Å². The Morgan fingerprint density at radius 2 is 1.66 bits per heavy atom. The standard InChI is InChI=1S/C21H27N3O4S/c1-23(2)29(26,27)24(18-8-4-3-5-9-18)16-21(25)22-17-12-14-20(15-13-17)28-19-10-6-7-11-19/h3-5,8-9,12-15,19H,6-7,10-11,16H2,1-2H3,(H,22,25). The van der Waals surface area contributed by atoms with Gasteiger partial charge in [0.2, 0.25) is 5.91 Å². The molecule has 1 aliphatic carbocycles. The van der Waals surface area contributed by atoms with Crippen LogP contribution < -0.4 is 14.4 Å². The van der Waals surface area contributed by atoms with Gasteiger partial charge < -0.3 is 10.1 Å². The number of carbonyl (C=O) groups excluding carboxylic acids is 1. The van der Waals surface area contributed by atoms with Crippen LogP contribution in [0.4, 0.5) is 11.4 Å². The van der Waals surface area contributed by atoms with E-state index in [1.54, 1.807) is 42.5 Å². The highest BCUT2D eigenvalue weighted by Gasteiger charge is 2.27. The molecule has 156 valence electrons. The molecule has 0 aliphatic heterocycles. The van der Waals surface area contributed by atoms with Crippen molar-refractivity contribution < 1.29 is 17.9 Å². The largest absolute Gasteiger partial charge is 0.490 e. The van der Waals surface area contributed by atoms with Gasteiger partial charge in [-0.2, -0.15) is 12.7 Å². The molecule has 1 aliphatic rings. The van der Waals surface area contributed by atoms with Crippen LogP contribution in [-0.2, 0) is 15.0 Å². The summed E-state index contributed by atoms with van der Waals surface area (Å²) in [5.41, 5.74) is 1.01. The van der Waals surface area contributed by atoms with Gasteiger partial charge in [-0.25, -0.2) is 4.31 Å². The smallest absolute Gasteiger partial charge is 0.304 e. The average molecular weight is 418 g/mol. The van der Waals surface area contributed by atoms with Crippen molar-refractivity contribution in [3.8, 4) is 5.75 Å². The average Bonchev–Trinajstić information content (AvgIpc) is 3.21. The Balaban J connectivity index is 1.67. The van der Waals surface area contributed by atoms with E-state index in [0.717, 1.165) is 27.2 Å². The maximum atomic E-state index is 12.7. The maximum Gasteiger partial charge on any atom is 0.304 e. The Hall–Kier alpha value is -2.58. The van der Waals surface area contributed by atoms with Crippen LogP contribution >= 0.6 is 0 Å². The number of hydrogen-bond donors (Lipinski definition) is 1. The monoisotopic (exact) mass is 417 g/mol. The molecule has 0 heterocycles. The Bertz CT molecular complexity index is 909. The quantitative estimate of drug-likeness (QED) is 0.715. The number of amides is 1. The molecule has 0 radical (unpaired) electrons. The first-order chi connectivity index (χ1) is 13.9. The van der Waals surface area contributed by atoms with Crippen LogP contribution in [0.25, 0.3) is 0 Å². The minimum Gasteiger partial charge on any atom is -0.490 e. The number of para-hydroxylation sites is 1. The van der Waals surface area contributed by atoms with E-state index in [0.29, 0.717) is 11.4 Å². The lowest BCUT2D eigenvalue weighted by atomic mass is 10.2. The van der Waals surface area contributed by atoms with Crippen molar-refractivity contribution in [2.45, 2.75) is 31.8 Å². The van der Waals surface area contributed by atoms with Gasteiger partial charge in [0.1, 0.15) is 12.3 Å². The molecule has 0 atom stereocenters. The molecule has 0 aromatic heterocycles. The summed E-state index contributed by atoms with van der Waals surface area (Å²) < 4.78 is 33.5. The summed E-state index contributed by atoms with van der Waals surface area (Å²) >= 11 is 0. The summed E-state index contributed by atoms with van der Waals surface area (Å²) in [6.45, 7) is -0.329. The van der Waals surface area contributed by atoms with Crippen LogP contribution in [0.2, 0.25) is 0 Å². The molecule has 0 spiro atoms. The summed E-state index contributed by atoms with van der Waals surface area (Å²) in [7, 11) is -0.940. The Morgan fingerprint density at radius 1 is 1.03 bits per heavy atom. The van der Waals surface area contributed by atoms with Crippen LogP contribution in [0, 0.1) is 0 Å². The van der Waals surface area contributed by atoms with Gasteiger partial charge >= 0.3 is 10.2 Å². The Kier molecular flexibility index (Phi) is 6.76. The summed E-state index contributed by atoms with van der Waals surface area (Å²) in [6.07, 6.45) is 4.83. The van der Waals surface area contributed by atoms with Crippen molar-refractivity contribution in [1.29, 1.82) is 0 Å². The number of anilines is 2. The molecule has 2 aromatic rings. The molecule has 1 N–H and O–H groups in total. The highest BCUT2D eigenvalue weighted by atomic mass is 32.2. The van der Waals surface area contributed by atoms with E-state index in [-0.39, 0.29) is 12.6 Å². The predicted molar refractivity (Wildman–Crippen MR) is 114 cm³/mol. The second-order valence-electron chi connectivity index (χ2n) is 7.23. The number of benzene rings is 2. The fourth-order valence-electron chi connectivity index (χ4n) is 3.24. The molecule has 2 aromatic carbocycles. The first-order valence-corrected chi connectivity index (χ1v) is 11.1. The minimum absolute atomic E-state index is 0.270. The number of hydrogen-bond acceptors (Lipinski definition) is 4. The first-order valence-electron chi connectivity index (χ1n) is 9.68. The van der Waals surface area contributed by atoms with Crippen LogP contribution in [0.5, 0.6) is 5.75 Å². The SMILES string of the molecule is CN(C)S(=O)(=O)N(CC(=O)Nc1ccc(OC2CCCC2)cc1)c1ccccc1. The zero-order valence-electron chi connectivity index (χ0n) is 16.7. The van der Waals surface area contributed by atoms with Crippen molar-refractivity contribution in [2.75, 3.05) is 30.3 Å². The van der Waals surface area contributed by atoms with Gasteiger partial charge in [0.25, 0.3) is 0 Å². The molecule has 0 unspecified atom stereocenters. The lowest BCUT2D eigenvalue weighted by Crippen LogP contribution is -2.44. The van der Waals surface area contributed by atoms with Crippen molar-refractivity contribution in [2.24, 2.45) is 0 Å². The number of carbonyl (C=O) groups is 1. The molecule has 29 heavy (non-hydrogen) atoms. The topological polar surface area (TPSA) is 79.0 Å². The molecule has 3 rings (SSSR count). The molecule has 0 bridgehead atoms. The minimum atomic E-state index is -3.81. The fourth-order valence-corrected chi connectivity index (χ4v) is 4.31. The van der Waals surface area contributed by atoms with Crippen molar-refractivity contribution in [1.82, 2.24) is 4.31 Å². The third-order valence-corrected chi connectivity index (χ3v) is 6.63. The van der Waals surface area contributed by atoms with Crippen LogP contribution in [0.3, 0.4) is 0 Å². The van der Waals surface area contributed by atoms with Crippen LogP contribution in [0.1, 0.15) is 25.7 Å². The van der Waals surface area contributed by atoms with E-state index >= 15 is 0 Å². The summed E-state index contributed by atoms with van der Waals surface area (Å²) in [5, 5.41) is 2.75. The van der Waals surface area contributed by atoms with Gasteiger partial charge in [0.15, 0.2) is 0 Å². The third-order valence-electron chi connectivity index (χ3n) is 4.81. The van der Waals surface area contributed by atoms with E-state index in [9.17, 15) is 13.2 Å². The van der Waals surface area contributed by atoms with Gasteiger partial charge in [-0.3, -0.25) is 4.79 Å². The van der Waals surface area contributed by atoms with Gasteiger partial charge in [-0.1, -0.05) is 18.2 Å². The zero-order valence-corrected chi connectivity index (χ0v) is 17.6. The van der Waals surface area contributed by atoms with Crippen LogP contribution in [-0.4, -0.2) is 45.4 Å². The van der Waals surface area contributed by atoms with E-state index in [2.05, 4.69) is 5.32 Å². The normalized spacial score (nSPS) is 14.7. The summed E-state index contributed by atoms with van der Waals surface area (Å²) in [5.74, 6) is 0.347. The molecular formula is C21H27N3O4S. The highest BCUT2D eigenvalue weighted by molar-refractivity contribution is 7.90. The maximum absolute atomic E-state index is 12.7. The lowest BCUT2D eigenvalue weighted by molar-refractivity contribution is -0.114. The van der Waals surface area contributed by atoms with E-state index in [1.165, 1.54) is 26.9 Å². The number of nitrogens with zero attached hydrogens (tertiary/aromatic N) is 2. The molecule has 8 heteroatoms. The van der Waals surface area contributed by atoms with E-state index in [1.807, 2.05) is 12.1 Å². The summed E-state index contributed by atoms with van der Waals surface area (Å²) in [6, 6.07) is 15.7. The highest BCUT2D eigenvalue weighted by Crippen LogP contribution is 2.25. The summed E-state index contributed by atoms with van der Waals surface area (Å²) in [4.78, 5) is 12.6. The molecule has 1 fully saturated rings. The molecule has 0 saturated heterocycles. The number of nitrogens with one attached hydrogen (secondary N) is 1. The van der Waals surface area contributed by atoms with Gasteiger partial charge in [-0.05, 0) is 62.1 Å². The molecule has 7 nitrogen and oxygen atoms in total. The predicted octanol–water partition coefficient (Wildman–Crippen LogP) is 3.26. The Morgan fingerprint density at radius 3 is 2.24 bits per heavy atom. The molecular weight excluding hydrogens is 390 g/mol. The number of rotatable bonds is 8. The van der Waals surface area contributed by atoms with Gasteiger partial charge in [-0.15, -0.1) is 0 Å². The van der Waals surface area contributed by atoms with Crippen molar-refractivity contribution in [3.63, 3.8) is 0 Å². The molecule has 1 amide bonds. The van der Waals surface area contributed by atoms with E-state index in [4.69, 9.17) is 4.74 Å². The fraction of sp³-hybridized carbons (Fsp3) is 0.381. The second-order valence-corrected chi connectivity index (χ2v) is 9.30.